The fourth-order valence-electron chi connectivity index (χ4n) is 1.56. The lowest BCUT2D eigenvalue weighted by atomic mass is 10.3. The predicted octanol–water partition coefficient (Wildman–Crippen LogP) is -0.0156. The molecule has 0 unspecified atom stereocenters. The number of nitrogens with two attached hydrogens (primary N) is 1. The zero-order valence-electron chi connectivity index (χ0n) is 9.37. The molecule has 6 nitrogen and oxygen atoms in total. The van der Waals surface area contributed by atoms with E-state index >= 15 is 0 Å². The first-order valence-electron chi connectivity index (χ1n) is 5.36. The van der Waals surface area contributed by atoms with E-state index in [1.807, 2.05) is 24.0 Å². The van der Waals surface area contributed by atoms with Crippen molar-refractivity contribution in [2.45, 2.75) is 26.4 Å². The minimum absolute atomic E-state index is 0.610. The van der Waals surface area contributed by atoms with E-state index in [1.54, 1.807) is 6.20 Å². The second-order valence-electron chi connectivity index (χ2n) is 3.68. The molecule has 0 aliphatic heterocycles. The first-order valence-corrected chi connectivity index (χ1v) is 5.36. The van der Waals surface area contributed by atoms with Crippen molar-refractivity contribution in [3.63, 3.8) is 0 Å². The average Bonchev–Trinajstić information content (AvgIpc) is 2.86. The van der Waals surface area contributed by atoms with Crippen molar-refractivity contribution >= 4 is 0 Å². The van der Waals surface area contributed by atoms with Crippen LogP contribution in [0.15, 0.2) is 18.6 Å². The van der Waals surface area contributed by atoms with Crippen LogP contribution in [0.4, 0.5) is 0 Å². The van der Waals surface area contributed by atoms with E-state index in [0.717, 1.165) is 31.0 Å². The highest BCUT2D eigenvalue weighted by Gasteiger charge is 2.01. The first-order chi connectivity index (χ1) is 7.79. The molecule has 0 saturated heterocycles. The third-order valence-electron chi connectivity index (χ3n) is 2.48. The third kappa shape index (κ3) is 2.46. The molecule has 2 N–H and O–H groups in total. The van der Waals surface area contributed by atoms with Gasteiger partial charge in [-0.05, 0) is 13.5 Å². The monoisotopic (exact) mass is 220 g/mol. The summed E-state index contributed by atoms with van der Waals surface area (Å²) >= 11 is 0. The van der Waals surface area contributed by atoms with Gasteiger partial charge < -0.3 is 10.3 Å². The van der Waals surface area contributed by atoms with Gasteiger partial charge in [0.25, 0.3) is 0 Å². The molecular formula is C10H16N6. The van der Waals surface area contributed by atoms with E-state index in [9.17, 15) is 0 Å². The van der Waals surface area contributed by atoms with E-state index in [-0.39, 0.29) is 0 Å². The number of hydrogen-bond donors (Lipinski definition) is 1. The number of rotatable bonds is 5. The Labute approximate surface area is 94.1 Å². The van der Waals surface area contributed by atoms with Gasteiger partial charge in [0.2, 0.25) is 0 Å². The Morgan fingerprint density at radius 2 is 2.25 bits per heavy atom. The van der Waals surface area contributed by atoms with Crippen molar-refractivity contribution in [3.8, 4) is 0 Å². The largest absolute Gasteiger partial charge is 0.333 e. The maximum atomic E-state index is 5.45. The average molecular weight is 220 g/mol. The zero-order valence-corrected chi connectivity index (χ0v) is 9.37. The number of nitrogens with zero attached hydrogens (tertiary/aromatic N) is 5. The van der Waals surface area contributed by atoms with E-state index in [2.05, 4.69) is 19.9 Å². The highest BCUT2D eigenvalue weighted by atomic mass is 15.4. The lowest BCUT2D eigenvalue weighted by Crippen LogP contribution is -2.08. The van der Waals surface area contributed by atoms with Crippen LogP contribution in [0.25, 0.3) is 0 Å². The van der Waals surface area contributed by atoms with Gasteiger partial charge in [0.15, 0.2) is 0 Å². The van der Waals surface area contributed by atoms with Gasteiger partial charge in [0, 0.05) is 31.6 Å². The third-order valence-corrected chi connectivity index (χ3v) is 2.48. The molecule has 0 aliphatic rings. The van der Waals surface area contributed by atoms with Crippen molar-refractivity contribution in [2.75, 3.05) is 6.54 Å². The summed E-state index contributed by atoms with van der Waals surface area (Å²) in [7, 11) is 0. The van der Waals surface area contributed by atoms with Crippen LogP contribution in [-0.4, -0.2) is 31.1 Å². The second kappa shape index (κ2) is 4.89. The van der Waals surface area contributed by atoms with Gasteiger partial charge in [-0.15, -0.1) is 5.10 Å². The molecule has 0 bridgehead atoms. The molecule has 2 aromatic rings. The van der Waals surface area contributed by atoms with Crippen LogP contribution in [-0.2, 0) is 19.5 Å². The summed E-state index contributed by atoms with van der Waals surface area (Å²) in [6, 6.07) is 0. The van der Waals surface area contributed by atoms with Gasteiger partial charge in [-0.3, -0.25) is 4.68 Å². The smallest absolute Gasteiger partial charge is 0.105 e. The molecule has 86 valence electrons. The standard InChI is InChI=1S/C10H16N6/c1-9-12-4-5-15(9)6-7-16-8-10(2-3-11)13-14-16/h4-5,8H,2-3,6-7,11H2,1H3. The molecule has 2 rings (SSSR count). The Morgan fingerprint density at radius 1 is 1.38 bits per heavy atom. The minimum atomic E-state index is 0.610. The number of aromatic nitrogens is 5. The molecular weight excluding hydrogens is 204 g/mol. The first kappa shape index (κ1) is 10.8. The Balaban J connectivity index is 1.92. The van der Waals surface area contributed by atoms with Crippen LogP contribution in [0, 0.1) is 6.92 Å². The van der Waals surface area contributed by atoms with Gasteiger partial charge in [0.1, 0.15) is 5.82 Å². The summed E-state index contributed by atoms with van der Waals surface area (Å²) in [5, 5.41) is 8.08. The zero-order chi connectivity index (χ0) is 11.4. The number of aryl methyl sites for hydroxylation is 3. The fourth-order valence-corrected chi connectivity index (χ4v) is 1.56. The molecule has 0 amide bonds. The van der Waals surface area contributed by atoms with Crippen molar-refractivity contribution in [2.24, 2.45) is 5.73 Å². The Morgan fingerprint density at radius 3 is 2.94 bits per heavy atom. The molecule has 0 aliphatic carbocycles. The molecule has 6 heteroatoms. The van der Waals surface area contributed by atoms with Gasteiger partial charge >= 0.3 is 0 Å². The SMILES string of the molecule is Cc1nccn1CCn1cc(CCN)nn1. The molecule has 0 saturated carbocycles. The summed E-state index contributed by atoms with van der Waals surface area (Å²) < 4.78 is 3.93. The normalized spacial score (nSPS) is 10.9. The van der Waals surface area contributed by atoms with E-state index in [4.69, 9.17) is 5.73 Å². The van der Waals surface area contributed by atoms with E-state index in [1.165, 1.54) is 0 Å². The van der Waals surface area contributed by atoms with Crippen LogP contribution in [0.2, 0.25) is 0 Å². The lowest BCUT2D eigenvalue weighted by molar-refractivity contribution is 0.513. The molecule has 2 aromatic heterocycles. The number of imidazole rings is 1. The quantitative estimate of drug-likeness (QED) is 0.768. The molecule has 2 heterocycles. The van der Waals surface area contributed by atoms with Gasteiger partial charge in [-0.25, -0.2) is 4.98 Å². The predicted molar refractivity (Wildman–Crippen MR) is 59.7 cm³/mol. The minimum Gasteiger partial charge on any atom is -0.333 e. The summed E-state index contributed by atoms with van der Waals surface area (Å²) in [6.07, 6.45) is 6.49. The highest BCUT2D eigenvalue weighted by Crippen LogP contribution is 1.98. The van der Waals surface area contributed by atoms with Crippen LogP contribution in [0.5, 0.6) is 0 Å². The van der Waals surface area contributed by atoms with Gasteiger partial charge in [0.05, 0.1) is 12.2 Å². The van der Waals surface area contributed by atoms with E-state index in [0.29, 0.717) is 6.54 Å². The summed E-state index contributed by atoms with van der Waals surface area (Å²) in [6.45, 7) is 4.26. The maximum absolute atomic E-state index is 5.45. The summed E-state index contributed by atoms with van der Waals surface area (Å²) in [4.78, 5) is 4.16. The van der Waals surface area contributed by atoms with Crippen LogP contribution in [0.3, 0.4) is 0 Å². The topological polar surface area (TPSA) is 74.5 Å². The molecule has 0 aromatic carbocycles. The van der Waals surface area contributed by atoms with Crippen molar-refractivity contribution in [1.29, 1.82) is 0 Å². The molecule has 0 fully saturated rings. The second-order valence-corrected chi connectivity index (χ2v) is 3.68. The summed E-state index contributed by atoms with van der Waals surface area (Å²) in [5.41, 5.74) is 6.40. The maximum Gasteiger partial charge on any atom is 0.105 e. The Bertz CT molecular complexity index is 444. The molecule has 0 radical (unpaired) electrons. The molecule has 16 heavy (non-hydrogen) atoms. The molecule has 0 spiro atoms. The Hall–Kier alpha value is -1.69. The van der Waals surface area contributed by atoms with E-state index < -0.39 is 0 Å². The van der Waals surface area contributed by atoms with Crippen LogP contribution < -0.4 is 5.73 Å². The van der Waals surface area contributed by atoms with Crippen molar-refractivity contribution < 1.29 is 0 Å². The summed E-state index contributed by atoms with van der Waals surface area (Å²) in [5.74, 6) is 1.02. The van der Waals surface area contributed by atoms with Crippen molar-refractivity contribution in [1.82, 2.24) is 24.5 Å². The highest BCUT2D eigenvalue weighted by molar-refractivity contribution is 4.93. The van der Waals surface area contributed by atoms with Crippen LogP contribution >= 0.6 is 0 Å². The number of hydrogen-bond acceptors (Lipinski definition) is 4. The van der Waals surface area contributed by atoms with Gasteiger partial charge in [-0.1, -0.05) is 5.21 Å². The Kier molecular flexibility index (Phi) is 3.31. The fraction of sp³-hybridized carbons (Fsp3) is 0.500. The van der Waals surface area contributed by atoms with Gasteiger partial charge in [-0.2, -0.15) is 0 Å². The molecule has 0 atom stereocenters. The van der Waals surface area contributed by atoms with Crippen LogP contribution in [0.1, 0.15) is 11.5 Å². The van der Waals surface area contributed by atoms with Crippen molar-refractivity contribution in [3.05, 3.63) is 30.1 Å². The lowest BCUT2D eigenvalue weighted by Gasteiger charge is -2.03.